The molecule has 1 aliphatic rings. The molecule has 0 spiro atoms. The van der Waals surface area contributed by atoms with Crippen molar-refractivity contribution in [1.82, 2.24) is 4.90 Å². The van der Waals surface area contributed by atoms with Crippen LogP contribution in [0.25, 0.3) is 10.8 Å². The first kappa shape index (κ1) is 13.6. The van der Waals surface area contributed by atoms with E-state index in [1.165, 1.54) is 22.8 Å². The molecule has 0 bridgehead atoms. The van der Waals surface area contributed by atoms with Crippen molar-refractivity contribution in [3.63, 3.8) is 0 Å². The minimum absolute atomic E-state index is 0.464. The first-order valence-electron chi connectivity index (χ1n) is 7.66. The highest BCUT2D eigenvalue weighted by molar-refractivity contribution is 5.86. The molecule has 2 unspecified atom stereocenters. The Morgan fingerprint density at radius 1 is 1.15 bits per heavy atom. The zero-order chi connectivity index (χ0) is 14.1. The molecular formula is C18H24N2. The van der Waals surface area contributed by atoms with Gasteiger partial charge in [0.15, 0.2) is 0 Å². The first-order valence-corrected chi connectivity index (χ1v) is 7.66. The zero-order valence-corrected chi connectivity index (χ0v) is 12.4. The van der Waals surface area contributed by atoms with Gasteiger partial charge in [-0.05, 0) is 55.6 Å². The second-order valence-electron chi connectivity index (χ2n) is 6.13. The van der Waals surface area contributed by atoms with Crippen LogP contribution in [0.2, 0.25) is 0 Å². The summed E-state index contributed by atoms with van der Waals surface area (Å²) in [6.45, 7) is 6.51. The van der Waals surface area contributed by atoms with E-state index in [1.807, 2.05) is 0 Å². The Bertz CT molecular complexity index is 585. The van der Waals surface area contributed by atoms with Gasteiger partial charge in [0, 0.05) is 12.1 Å². The lowest BCUT2D eigenvalue weighted by atomic mass is 9.90. The average Bonchev–Trinajstić information content (AvgIpc) is 2.90. The van der Waals surface area contributed by atoms with Crippen LogP contribution in [0.5, 0.6) is 0 Å². The van der Waals surface area contributed by atoms with Gasteiger partial charge in [-0.3, -0.25) is 4.90 Å². The van der Waals surface area contributed by atoms with Gasteiger partial charge >= 0.3 is 0 Å². The van der Waals surface area contributed by atoms with E-state index < -0.39 is 0 Å². The van der Waals surface area contributed by atoms with Gasteiger partial charge in [-0.25, -0.2) is 0 Å². The van der Waals surface area contributed by atoms with Crippen molar-refractivity contribution in [1.29, 1.82) is 0 Å². The molecule has 0 amide bonds. The Balaban J connectivity index is 2.11. The van der Waals surface area contributed by atoms with Gasteiger partial charge in [-0.1, -0.05) is 42.5 Å². The molecule has 2 nitrogen and oxygen atoms in total. The molecule has 0 radical (unpaired) electrons. The van der Waals surface area contributed by atoms with Crippen molar-refractivity contribution in [2.45, 2.75) is 32.4 Å². The van der Waals surface area contributed by atoms with E-state index in [2.05, 4.69) is 61.2 Å². The zero-order valence-electron chi connectivity index (χ0n) is 12.4. The summed E-state index contributed by atoms with van der Waals surface area (Å²) in [5, 5.41) is 2.71. The molecule has 1 saturated heterocycles. The van der Waals surface area contributed by atoms with Gasteiger partial charge in [0.25, 0.3) is 0 Å². The number of likely N-dealkylation sites (tertiary alicyclic amines) is 1. The lowest BCUT2D eigenvalue weighted by Gasteiger charge is -2.32. The first-order chi connectivity index (χ1) is 9.72. The van der Waals surface area contributed by atoms with Crippen LogP contribution in [0.1, 0.15) is 31.9 Å². The van der Waals surface area contributed by atoms with Crippen molar-refractivity contribution in [2.75, 3.05) is 13.1 Å². The Hall–Kier alpha value is -1.38. The van der Waals surface area contributed by atoms with E-state index in [9.17, 15) is 0 Å². The summed E-state index contributed by atoms with van der Waals surface area (Å²) in [5.74, 6) is 0.572. The average molecular weight is 268 g/mol. The monoisotopic (exact) mass is 268 g/mol. The van der Waals surface area contributed by atoms with Gasteiger partial charge in [-0.2, -0.15) is 0 Å². The van der Waals surface area contributed by atoms with Crippen LogP contribution in [0.4, 0.5) is 0 Å². The Labute approximate surface area is 121 Å². The van der Waals surface area contributed by atoms with Gasteiger partial charge in [0.2, 0.25) is 0 Å². The third kappa shape index (κ3) is 2.23. The van der Waals surface area contributed by atoms with E-state index in [0.717, 1.165) is 13.1 Å². The molecule has 106 valence electrons. The summed E-state index contributed by atoms with van der Waals surface area (Å²) in [7, 11) is 0. The number of nitrogens with zero attached hydrogens (tertiary/aromatic N) is 1. The largest absolute Gasteiger partial charge is 0.330 e. The van der Waals surface area contributed by atoms with E-state index in [-0.39, 0.29) is 0 Å². The molecule has 2 heteroatoms. The minimum atomic E-state index is 0.464. The second-order valence-corrected chi connectivity index (χ2v) is 6.13. The fourth-order valence-electron chi connectivity index (χ4n) is 3.65. The standard InChI is InChI=1S/C18H24N2/c1-13(2)20-11-10-15(12-19)18(20)17-9-5-7-14-6-3-4-8-16(14)17/h3-9,13,15,18H,10-12,19H2,1-2H3. The van der Waals surface area contributed by atoms with Crippen LogP contribution >= 0.6 is 0 Å². The van der Waals surface area contributed by atoms with Crippen molar-refractivity contribution < 1.29 is 0 Å². The fraction of sp³-hybridized carbons (Fsp3) is 0.444. The Kier molecular flexibility index (Phi) is 3.77. The number of fused-ring (bicyclic) bond motifs is 1. The molecule has 1 fully saturated rings. The lowest BCUT2D eigenvalue weighted by molar-refractivity contribution is 0.186. The summed E-state index contributed by atoms with van der Waals surface area (Å²) >= 11 is 0. The van der Waals surface area contributed by atoms with Gasteiger partial charge < -0.3 is 5.73 Å². The van der Waals surface area contributed by atoms with Gasteiger partial charge in [0.05, 0.1) is 0 Å². The van der Waals surface area contributed by atoms with Crippen molar-refractivity contribution in [3.8, 4) is 0 Å². The quantitative estimate of drug-likeness (QED) is 0.922. The van der Waals surface area contributed by atoms with Crippen LogP contribution < -0.4 is 5.73 Å². The third-order valence-electron chi connectivity index (χ3n) is 4.67. The molecule has 2 N–H and O–H groups in total. The Morgan fingerprint density at radius 2 is 1.90 bits per heavy atom. The van der Waals surface area contributed by atoms with Crippen LogP contribution in [0.15, 0.2) is 42.5 Å². The summed E-state index contributed by atoms with van der Waals surface area (Å²) in [4.78, 5) is 2.61. The molecule has 20 heavy (non-hydrogen) atoms. The maximum Gasteiger partial charge on any atom is 0.0397 e. The summed E-state index contributed by atoms with van der Waals surface area (Å²) < 4.78 is 0. The number of hydrogen-bond donors (Lipinski definition) is 1. The minimum Gasteiger partial charge on any atom is -0.330 e. The predicted molar refractivity (Wildman–Crippen MR) is 85.7 cm³/mol. The molecule has 2 aromatic carbocycles. The highest BCUT2D eigenvalue weighted by Crippen LogP contribution is 2.40. The van der Waals surface area contributed by atoms with Crippen molar-refractivity contribution in [2.24, 2.45) is 11.7 Å². The number of hydrogen-bond acceptors (Lipinski definition) is 2. The van der Waals surface area contributed by atoms with Crippen LogP contribution in [0.3, 0.4) is 0 Å². The van der Waals surface area contributed by atoms with Crippen molar-refractivity contribution >= 4 is 10.8 Å². The van der Waals surface area contributed by atoms with Crippen molar-refractivity contribution in [3.05, 3.63) is 48.0 Å². The predicted octanol–water partition coefficient (Wildman–Crippen LogP) is 3.57. The van der Waals surface area contributed by atoms with E-state index >= 15 is 0 Å². The summed E-state index contributed by atoms with van der Waals surface area (Å²) in [6, 6.07) is 16.4. The van der Waals surface area contributed by atoms with E-state index in [1.54, 1.807) is 0 Å². The smallest absolute Gasteiger partial charge is 0.0397 e. The Morgan fingerprint density at radius 3 is 2.65 bits per heavy atom. The number of nitrogens with two attached hydrogens (primary N) is 1. The molecule has 2 aromatic rings. The highest BCUT2D eigenvalue weighted by atomic mass is 15.2. The molecule has 3 rings (SSSR count). The summed E-state index contributed by atoms with van der Waals surface area (Å²) in [6.07, 6.45) is 1.21. The lowest BCUT2D eigenvalue weighted by Crippen LogP contribution is -2.33. The SMILES string of the molecule is CC(C)N1CCC(CN)C1c1cccc2ccccc12. The summed E-state index contributed by atoms with van der Waals surface area (Å²) in [5.41, 5.74) is 7.49. The molecule has 1 aliphatic heterocycles. The molecule has 2 atom stereocenters. The molecule has 1 heterocycles. The van der Waals surface area contributed by atoms with E-state index in [4.69, 9.17) is 5.73 Å². The van der Waals surface area contributed by atoms with E-state index in [0.29, 0.717) is 18.0 Å². The number of benzene rings is 2. The molecule has 0 aliphatic carbocycles. The maximum atomic E-state index is 6.04. The number of rotatable bonds is 3. The third-order valence-corrected chi connectivity index (χ3v) is 4.67. The van der Waals surface area contributed by atoms with Crippen LogP contribution in [0, 0.1) is 5.92 Å². The maximum absolute atomic E-state index is 6.04. The second kappa shape index (κ2) is 5.55. The normalized spacial score (nSPS) is 23.8. The highest BCUT2D eigenvalue weighted by Gasteiger charge is 2.36. The van der Waals surface area contributed by atoms with Gasteiger partial charge in [0.1, 0.15) is 0 Å². The topological polar surface area (TPSA) is 29.3 Å². The molecular weight excluding hydrogens is 244 g/mol. The fourth-order valence-corrected chi connectivity index (χ4v) is 3.65. The molecule has 0 aromatic heterocycles. The molecule has 0 saturated carbocycles. The van der Waals surface area contributed by atoms with Crippen LogP contribution in [-0.2, 0) is 0 Å². The van der Waals surface area contributed by atoms with Gasteiger partial charge in [-0.15, -0.1) is 0 Å². The van der Waals surface area contributed by atoms with Crippen LogP contribution in [-0.4, -0.2) is 24.0 Å².